The molecular weight excluding hydrogens is 290 g/mol. The molecule has 1 N–H and O–H groups in total. The molecular formula is C15H20ClN3O2. The van der Waals surface area contributed by atoms with Crippen LogP contribution in [0, 0.1) is 0 Å². The second-order valence-corrected chi connectivity index (χ2v) is 5.44. The molecule has 2 rings (SSSR count). The van der Waals surface area contributed by atoms with Crippen LogP contribution in [0.15, 0.2) is 22.6 Å². The Morgan fingerprint density at radius 2 is 2.05 bits per heavy atom. The van der Waals surface area contributed by atoms with E-state index in [1.807, 2.05) is 25.1 Å². The van der Waals surface area contributed by atoms with Crippen LogP contribution in [0.1, 0.15) is 38.1 Å². The van der Waals surface area contributed by atoms with E-state index in [1.165, 1.54) is 0 Å². The number of aryl methyl sites for hydroxylation is 1. The summed E-state index contributed by atoms with van der Waals surface area (Å²) < 4.78 is 11.0. The molecule has 0 aliphatic carbocycles. The van der Waals surface area contributed by atoms with Gasteiger partial charge in [0.1, 0.15) is 5.75 Å². The number of hydrogen-bond acceptors (Lipinski definition) is 5. The average Bonchev–Trinajstić information content (AvgIpc) is 2.92. The fourth-order valence-electron chi connectivity index (χ4n) is 1.72. The van der Waals surface area contributed by atoms with Gasteiger partial charge in [-0.15, -0.1) is 10.2 Å². The molecule has 0 radical (unpaired) electrons. The molecule has 1 aromatic heterocycles. The number of nitrogens with one attached hydrogen (secondary N) is 1. The minimum absolute atomic E-state index is 0.219. The van der Waals surface area contributed by atoms with Crippen molar-refractivity contribution >= 4 is 11.6 Å². The van der Waals surface area contributed by atoms with E-state index in [-0.39, 0.29) is 6.61 Å². The molecule has 0 saturated carbocycles. The maximum absolute atomic E-state index is 6.22. The third kappa shape index (κ3) is 4.72. The van der Waals surface area contributed by atoms with E-state index >= 15 is 0 Å². The van der Waals surface area contributed by atoms with Gasteiger partial charge in [-0.2, -0.15) is 0 Å². The van der Waals surface area contributed by atoms with Crippen LogP contribution < -0.4 is 10.1 Å². The Kier molecular flexibility index (Phi) is 5.59. The van der Waals surface area contributed by atoms with Gasteiger partial charge < -0.3 is 14.5 Å². The summed E-state index contributed by atoms with van der Waals surface area (Å²) in [5.74, 6) is 1.67. The molecule has 0 spiro atoms. The van der Waals surface area contributed by atoms with E-state index in [0.717, 1.165) is 12.1 Å². The van der Waals surface area contributed by atoms with Gasteiger partial charge in [-0.1, -0.05) is 38.4 Å². The number of rotatable bonds is 7. The number of aromatic nitrogens is 2. The van der Waals surface area contributed by atoms with E-state index in [4.69, 9.17) is 20.8 Å². The number of hydrogen-bond donors (Lipinski definition) is 1. The first kappa shape index (κ1) is 15.8. The topological polar surface area (TPSA) is 60.2 Å². The molecule has 114 valence electrons. The molecule has 0 bridgehead atoms. The summed E-state index contributed by atoms with van der Waals surface area (Å²) in [5.41, 5.74) is 1.12. The van der Waals surface area contributed by atoms with Gasteiger partial charge >= 0.3 is 0 Å². The lowest BCUT2D eigenvalue weighted by Crippen LogP contribution is -2.21. The van der Waals surface area contributed by atoms with Crippen LogP contribution >= 0.6 is 11.6 Å². The minimum Gasteiger partial charge on any atom is -0.482 e. The lowest BCUT2D eigenvalue weighted by molar-refractivity contribution is 0.259. The summed E-state index contributed by atoms with van der Waals surface area (Å²) in [6.45, 7) is 7.17. The maximum atomic E-state index is 6.22. The molecule has 0 fully saturated rings. The first-order valence-electron chi connectivity index (χ1n) is 7.04. The highest BCUT2D eigenvalue weighted by Crippen LogP contribution is 2.26. The molecule has 6 heteroatoms. The number of benzene rings is 1. The Bertz CT molecular complexity index is 584. The molecule has 0 saturated heterocycles. The van der Waals surface area contributed by atoms with Crippen LogP contribution in [-0.2, 0) is 19.6 Å². The predicted molar refractivity (Wildman–Crippen MR) is 81.4 cm³/mol. The van der Waals surface area contributed by atoms with E-state index < -0.39 is 0 Å². The smallest absolute Gasteiger partial charge is 0.253 e. The zero-order valence-electron chi connectivity index (χ0n) is 12.5. The molecule has 0 atom stereocenters. The van der Waals surface area contributed by atoms with Gasteiger partial charge in [-0.05, 0) is 17.7 Å². The van der Waals surface area contributed by atoms with Gasteiger partial charge in [0.15, 0.2) is 6.61 Å². The van der Waals surface area contributed by atoms with Gasteiger partial charge in [-0.25, -0.2) is 0 Å². The largest absolute Gasteiger partial charge is 0.482 e. The summed E-state index contributed by atoms with van der Waals surface area (Å²) in [6.07, 6.45) is 0.714. The third-order valence-corrected chi connectivity index (χ3v) is 3.17. The quantitative estimate of drug-likeness (QED) is 0.849. The van der Waals surface area contributed by atoms with E-state index in [9.17, 15) is 0 Å². The van der Waals surface area contributed by atoms with Crippen LogP contribution in [-0.4, -0.2) is 16.2 Å². The van der Waals surface area contributed by atoms with E-state index in [1.54, 1.807) is 0 Å². The zero-order chi connectivity index (χ0) is 15.2. The molecule has 5 nitrogen and oxygen atoms in total. The molecule has 0 amide bonds. The van der Waals surface area contributed by atoms with Crippen LogP contribution in [0.2, 0.25) is 5.02 Å². The summed E-state index contributed by atoms with van der Waals surface area (Å²) >= 11 is 6.22. The van der Waals surface area contributed by atoms with Crippen LogP contribution in [0.4, 0.5) is 0 Å². The Labute approximate surface area is 129 Å². The predicted octanol–water partition coefficient (Wildman–Crippen LogP) is 3.36. The van der Waals surface area contributed by atoms with Crippen LogP contribution in [0.5, 0.6) is 5.75 Å². The van der Waals surface area contributed by atoms with Crippen molar-refractivity contribution in [3.8, 4) is 5.75 Å². The van der Waals surface area contributed by atoms with Gasteiger partial charge in [0.05, 0.1) is 5.02 Å². The van der Waals surface area contributed by atoms with Crippen LogP contribution in [0.25, 0.3) is 0 Å². The molecule has 0 unspecified atom stereocenters. The van der Waals surface area contributed by atoms with Crippen molar-refractivity contribution in [2.45, 2.75) is 46.4 Å². The first-order valence-corrected chi connectivity index (χ1v) is 7.42. The molecule has 1 heterocycles. The summed E-state index contributed by atoms with van der Waals surface area (Å²) in [7, 11) is 0. The third-order valence-electron chi connectivity index (χ3n) is 2.87. The fraction of sp³-hybridized carbons (Fsp3) is 0.467. The van der Waals surface area contributed by atoms with Crippen molar-refractivity contribution < 1.29 is 9.15 Å². The van der Waals surface area contributed by atoms with E-state index in [2.05, 4.69) is 29.4 Å². The van der Waals surface area contributed by atoms with Crippen molar-refractivity contribution in [1.82, 2.24) is 15.5 Å². The Hall–Kier alpha value is -1.59. The highest BCUT2D eigenvalue weighted by molar-refractivity contribution is 6.32. The summed E-state index contributed by atoms with van der Waals surface area (Å²) in [6, 6.07) is 6.18. The standard InChI is InChI=1S/C15H20ClN3O2/c1-4-14-18-19-15(21-14)9-20-13-6-5-11(7-12(13)16)8-17-10(2)3/h5-7,10,17H,4,8-9H2,1-3H3. The Morgan fingerprint density at radius 1 is 1.29 bits per heavy atom. The summed E-state index contributed by atoms with van der Waals surface area (Å²) in [4.78, 5) is 0. The Morgan fingerprint density at radius 3 is 2.67 bits per heavy atom. The number of ether oxygens (including phenoxy) is 1. The number of halogens is 1. The van der Waals surface area contributed by atoms with Gasteiger partial charge in [0, 0.05) is 19.0 Å². The van der Waals surface area contributed by atoms with Crippen molar-refractivity contribution in [2.24, 2.45) is 0 Å². The van der Waals surface area contributed by atoms with Gasteiger partial charge in [0.2, 0.25) is 5.89 Å². The fourth-order valence-corrected chi connectivity index (χ4v) is 1.98. The first-order chi connectivity index (χ1) is 10.1. The zero-order valence-corrected chi connectivity index (χ0v) is 13.3. The molecule has 21 heavy (non-hydrogen) atoms. The van der Waals surface area contributed by atoms with Gasteiger partial charge in [-0.3, -0.25) is 0 Å². The molecule has 0 aliphatic heterocycles. The SMILES string of the molecule is CCc1nnc(COc2ccc(CNC(C)C)cc2Cl)o1. The monoisotopic (exact) mass is 309 g/mol. The molecule has 0 aliphatic rings. The molecule has 2 aromatic rings. The van der Waals surface area contributed by atoms with Crippen molar-refractivity contribution in [3.63, 3.8) is 0 Å². The molecule has 1 aromatic carbocycles. The Balaban J connectivity index is 1.94. The summed E-state index contributed by atoms with van der Waals surface area (Å²) in [5, 5.41) is 11.7. The lowest BCUT2D eigenvalue weighted by atomic mass is 10.2. The minimum atomic E-state index is 0.219. The van der Waals surface area contributed by atoms with Gasteiger partial charge in [0.25, 0.3) is 5.89 Å². The average molecular weight is 310 g/mol. The maximum Gasteiger partial charge on any atom is 0.253 e. The highest BCUT2D eigenvalue weighted by atomic mass is 35.5. The van der Waals surface area contributed by atoms with Crippen molar-refractivity contribution in [3.05, 3.63) is 40.6 Å². The van der Waals surface area contributed by atoms with Crippen LogP contribution in [0.3, 0.4) is 0 Å². The van der Waals surface area contributed by atoms with Crippen molar-refractivity contribution in [2.75, 3.05) is 0 Å². The normalized spacial score (nSPS) is 11.1. The second-order valence-electron chi connectivity index (χ2n) is 5.03. The second kappa shape index (κ2) is 7.43. The lowest BCUT2D eigenvalue weighted by Gasteiger charge is -2.10. The van der Waals surface area contributed by atoms with E-state index in [0.29, 0.717) is 35.0 Å². The highest BCUT2D eigenvalue weighted by Gasteiger charge is 2.08. The number of nitrogens with zero attached hydrogens (tertiary/aromatic N) is 2. The van der Waals surface area contributed by atoms with Crippen molar-refractivity contribution in [1.29, 1.82) is 0 Å².